The molecule has 0 aromatic heterocycles. The summed E-state index contributed by atoms with van der Waals surface area (Å²) in [6.07, 6.45) is 2.26. The second-order valence-electron chi connectivity index (χ2n) is 5.43. The van der Waals surface area contributed by atoms with Gasteiger partial charge in [-0.3, -0.25) is 4.79 Å². The molecule has 4 heteroatoms. The van der Waals surface area contributed by atoms with Gasteiger partial charge in [0.25, 0.3) is 0 Å². The van der Waals surface area contributed by atoms with Crippen molar-refractivity contribution in [2.75, 3.05) is 25.5 Å². The molecule has 104 valence electrons. The Morgan fingerprint density at radius 1 is 1.32 bits per heavy atom. The normalized spacial score (nSPS) is 15.9. The van der Waals surface area contributed by atoms with Gasteiger partial charge in [0.1, 0.15) is 0 Å². The van der Waals surface area contributed by atoms with Crippen LogP contribution < -0.4 is 15.5 Å². The van der Waals surface area contributed by atoms with Crippen molar-refractivity contribution < 1.29 is 4.79 Å². The number of hydrogen-bond acceptors (Lipinski definition) is 3. The third-order valence-electron chi connectivity index (χ3n) is 3.42. The standard InChI is InChI=1S/C15H23N3O/c1-11(16-10-15(19)17-13-6-7-13)12-4-8-14(9-5-12)18(2)3/h4-5,8-9,11,13,16H,6-7,10H2,1-3H3,(H,17,19). The van der Waals surface area contributed by atoms with Gasteiger partial charge in [0.15, 0.2) is 0 Å². The molecule has 1 amide bonds. The molecule has 4 nitrogen and oxygen atoms in total. The molecule has 1 fully saturated rings. The van der Waals surface area contributed by atoms with Crippen molar-refractivity contribution in [3.63, 3.8) is 0 Å². The number of anilines is 1. The van der Waals surface area contributed by atoms with E-state index >= 15 is 0 Å². The molecule has 0 heterocycles. The number of nitrogens with zero attached hydrogens (tertiary/aromatic N) is 1. The van der Waals surface area contributed by atoms with Crippen molar-refractivity contribution >= 4 is 11.6 Å². The van der Waals surface area contributed by atoms with Crippen LogP contribution in [-0.2, 0) is 4.79 Å². The third kappa shape index (κ3) is 4.24. The molecular weight excluding hydrogens is 238 g/mol. The highest BCUT2D eigenvalue weighted by atomic mass is 16.2. The van der Waals surface area contributed by atoms with E-state index in [1.54, 1.807) is 0 Å². The van der Waals surface area contributed by atoms with Gasteiger partial charge in [0.05, 0.1) is 6.54 Å². The van der Waals surface area contributed by atoms with Crippen molar-refractivity contribution in [1.82, 2.24) is 10.6 Å². The molecule has 1 aliphatic rings. The Labute approximate surface area is 115 Å². The molecule has 1 atom stereocenters. The van der Waals surface area contributed by atoms with Crippen molar-refractivity contribution in [2.45, 2.75) is 31.8 Å². The van der Waals surface area contributed by atoms with Gasteiger partial charge in [-0.1, -0.05) is 12.1 Å². The molecule has 19 heavy (non-hydrogen) atoms. The maximum atomic E-state index is 11.6. The summed E-state index contributed by atoms with van der Waals surface area (Å²) >= 11 is 0. The van der Waals surface area contributed by atoms with Gasteiger partial charge in [0.2, 0.25) is 5.91 Å². The second-order valence-corrected chi connectivity index (χ2v) is 5.43. The van der Waals surface area contributed by atoms with E-state index < -0.39 is 0 Å². The van der Waals surface area contributed by atoms with Crippen LogP contribution >= 0.6 is 0 Å². The van der Waals surface area contributed by atoms with E-state index in [9.17, 15) is 4.79 Å². The summed E-state index contributed by atoms with van der Waals surface area (Å²) in [5, 5.41) is 6.23. The number of benzene rings is 1. The molecule has 1 unspecified atom stereocenters. The largest absolute Gasteiger partial charge is 0.378 e. The van der Waals surface area contributed by atoms with E-state index in [4.69, 9.17) is 0 Å². The Kier molecular flexibility index (Phi) is 4.43. The van der Waals surface area contributed by atoms with E-state index in [-0.39, 0.29) is 11.9 Å². The first-order valence-electron chi connectivity index (χ1n) is 6.86. The number of nitrogens with one attached hydrogen (secondary N) is 2. The minimum absolute atomic E-state index is 0.0965. The zero-order valence-electron chi connectivity index (χ0n) is 11.9. The Morgan fingerprint density at radius 2 is 1.95 bits per heavy atom. The number of rotatable bonds is 6. The first-order valence-corrected chi connectivity index (χ1v) is 6.86. The Morgan fingerprint density at radius 3 is 2.47 bits per heavy atom. The number of carbonyl (C=O) groups excluding carboxylic acids is 1. The van der Waals surface area contributed by atoms with Crippen molar-refractivity contribution in [1.29, 1.82) is 0 Å². The van der Waals surface area contributed by atoms with E-state index in [0.29, 0.717) is 12.6 Å². The van der Waals surface area contributed by atoms with Crippen LogP contribution in [-0.4, -0.2) is 32.6 Å². The quantitative estimate of drug-likeness (QED) is 0.819. The zero-order valence-corrected chi connectivity index (χ0v) is 11.9. The van der Waals surface area contributed by atoms with Gasteiger partial charge >= 0.3 is 0 Å². The molecule has 1 aromatic rings. The van der Waals surface area contributed by atoms with Crippen LogP contribution in [0.25, 0.3) is 0 Å². The zero-order chi connectivity index (χ0) is 13.8. The maximum Gasteiger partial charge on any atom is 0.234 e. The first-order chi connectivity index (χ1) is 9.06. The van der Waals surface area contributed by atoms with Crippen LogP contribution in [0.5, 0.6) is 0 Å². The van der Waals surface area contributed by atoms with Crippen LogP contribution in [0.2, 0.25) is 0 Å². The molecule has 1 aromatic carbocycles. The minimum atomic E-state index is 0.0965. The Balaban J connectivity index is 1.81. The van der Waals surface area contributed by atoms with Crippen molar-refractivity contribution in [3.8, 4) is 0 Å². The van der Waals surface area contributed by atoms with Crippen molar-refractivity contribution in [2.24, 2.45) is 0 Å². The molecule has 1 saturated carbocycles. The van der Waals surface area contributed by atoms with E-state index in [2.05, 4.69) is 46.7 Å². The third-order valence-corrected chi connectivity index (χ3v) is 3.42. The van der Waals surface area contributed by atoms with E-state index in [1.807, 2.05) is 14.1 Å². The molecule has 1 aliphatic carbocycles. The van der Waals surface area contributed by atoms with Gasteiger partial charge in [-0.2, -0.15) is 0 Å². The van der Waals surface area contributed by atoms with E-state index in [0.717, 1.165) is 12.8 Å². The number of carbonyl (C=O) groups is 1. The number of amides is 1. The average molecular weight is 261 g/mol. The topological polar surface area (TPSA) is 44.4 Å². The first kappa shape index (κ1) is 13.9. The van der Waals surface area contributed by atoms with Crippen LogP contribution in [0.15, 0.2) is 24.3 Å². The van der Waals surface area contributed by atoms with Crippen LogP contribution in [0.3, 0.4) is 0 Å². The van der Waals surface area contributed by atoms with Gasteiger partial charge in [0, 0.05) is 31.9 Å². The molecule has 0 radical (unpaired) electrons. The van der Waals surface area contributed by atoms with Crippen LogP contribution in [0.1, 0.15) is 31.4 Å². The van der Waals surface area contributed by atoms with E-state index in [1.165, 1.54) is 11.3 Å². The van der Waals surface area contributed by atoms with Crippen LogP contribution in [0.4, 0.5) is 5.69 Å². The smallest absolute Gasteiger partial charge is 0.234 e. The summed E-state index contributed by atoms with van der Waals surface area (Å²) in [7, 11) is 4.05. The summed E-state index contributed by atoms with van der Waals surface area (Å²) < 4.78 is 0. The molecule has 2 N–H and O–H groups in total. The molecule has 0 saturated heterocycles. The lowest BCUT2D eigenvalue weighted by Gasteiger charge is -2.17. The maximum absolute atomic E-state index is 11.6. The SMILES string of the molecule is CC(NCC(=O)NC1CC1)c1ccc(N(C)C)cc1. The summed E-state index contributed by atoms with van der Waals surface area (Å²) in [4.78, 5) is 13.7. The number of hydrogen-bond donors (Lipinski definition) is 2. The van der Waals surface area contributed by atoms with Gasteiger partial charge in [-0.25, -0.2) is 0 Å². The predicted octanol–water partition coefficient (Wildman–Crippen LogP) is 1.68. The highest BCUT2D eigenvalue weighted by Gasteiger charge is 2.23. The van der Waals surface area contributed by atoms with Crippen LogP contribution in [0, 0.1) is 0 Å². The lowest BCUT2D eigenvalue weighted by atomic mass is 10.1. The minimum Gasteiger partial charge on any atom is -0.378 e. The highest BCUT2D eigenvalue weighted by molar-refractivity contribution is 5.78. The summed E-state index contributed by atoms with van der Waals surface area (Å²) in [6.45, 7) is 2.46. The summed E-state index contributed by atoms with van der Waals surface area (Å²) in [6, 6.07) is 9.01. The van der Waals surface area contributed by atoms with Crippen molar-refractivity contribution in [3.05, 3.63) is 29.8 Å². The van der Waals surface area contributed by atoms with Gasteiger partial charge < -0.3 is 15.5 Å². The molecule has 2 rings (SSSR count). The predicted molar refractivity (Wildman–Crippen MR) is 78.4 cm³/mol. The monoisotopic (exact) mass is 261 g/mol. The lowest BCUT2D eigenvalue weighted by molar-refractivity contribution is -0.120. The highest BCUT2D eigenvalue weighted by Crippen LogP contribution is 2.19. The summed E-state index contributed by atoms with van der Waals surface area (Å²) in [5.41, 5.74) is 2.38. The molecule has 0 aliphatic heterocycles. The lowest BCUT2D eigenvalue weighted by Crippen LogP contribution is -2.36. The molecule has 0 spiro atoms. The molecular formula is C15H23N3O. The van der Waals surface area contributed by atoms with Gasteiger partial charge in [-0.05, 0) is 37.5 Å². The fraction of sp³-hybridized carbons (Fsp3) is 0.533. The fourth-order valence-electron chi connectivity index (χ4n) is 1.93. The summed E-state index contributed by atoms with van der Waals surface area (Å²) in [5.74, 6) is 0.0965. The second kappa shape index (κ2) is 6.06. The Hall–Kier alpha value is -1.55. The molecule has 0 bridgehead atoms. The average Bonchev–Trinajstić information content (AvgIpc) is 3.20. The fourth-order valence-corrected chi connectivity index (χ4v) is 1.93. The van der Waals surface area contributed by atoms with Gasteiger partial charge in [-0.15, -0.1) is 0 Å². The Bertz CT molecular complexity index is 424.